The zero-order valence-electron chi connectivity index (χ0n) is 10.4. The molecule has 2 N–H and O–H groups in total. The molecule has 10 heteroatoms. The third kappa shape index (κ3) is 2.99. The average Bonchev–Trinajstić information content (AvgIpc) is 2.76. The molecule has 1 aromatic heterocycles. The second-order valence-corrected chi connectivity index (χ2v) is 5.63. The molecule has 7 nitrogen and oxygen atoms in total. The zero-order chi connectivity index (χ0) is 15.8. The lowest BCUT2D eigenvalue weighted by Crippen LogP contribution is -2.17. The number of nitrogens with one attached hydrogen (secondary N) is 1. The third-order valence-electron chi connectivity index (χ3n) is 2.37. The van der Waals surface area contributed by atoms with Crippen molar-refractivity contribution < 1.29 is 31.5 Å². The van der Waals surface area contributed by atoms with E-state index in [9.17, 15) is 22.0 Å². The molecule has 0 fully saturated rings. The summed E-state index contributed by atoms with van der Waals surface area (Å²) in [5.41, 5.74) is -0.350. The van der Waals surface area contributed by atoms with E-state index < -0.39 is 44.1 Å². The lowest BCUT2D eigenvalue weighted by atomic mass is 10.2. The zero-order valence-corrected chi connectivity index (χ0v) is 11.2. The lowest BCUT2D eigenvalue weighted by Gasteiger charge is -2.07. The van der Waals surface area contributed by atoms with Crippen LogP contribution in [0.15, 0.2) is 27.7 Å². The Morgan fingerprint density at radius 3 is 2.57 bits per heavy atom. The maximum atomic E-state index is 13.6. The molecule has 0 bridgehead atoms. The molecule has 112 valence electrons. The summed E-state index contributed by atoms with van der Waals surface area (Å²) < 4.78 is 57.3. The number of carboxylic acid groups (broad SMARTS) is 1. The normalized spacial score (nSPS) is 11.4. The van der Waals surface area contributed by atoms with Crippen molar-refractivity contribution in [2.45, 2.75) is 11.8 Å². The Balaban J connectivity index is 2.51. The Hall–Kier alpha value is -2.49. The molecule has 1 heterocycles. The second-order valence-electron chi connectivity index (χ2n) is 3.97. The maximum absolute atomic E-state index is 13.6. The summed E-state index contributed by atoms with van der Waals surface area (Å²) in [6.45, 7) is 1.52. The van der Waals surface area contributed by atoms with E-state index in [1.165, 1.54) is 6.92 Å². The van der Waals surface area contributed by atoms with Crippen LogP contribution in [0.2, 0.25) is 0 Å². The van der Waals surface area contributed by atoms with Gasteiger partial charge in [0.05, 0.1) is 11.3 Å². The van der Waals surface area contributed by atoms with Crippen LogP contribution in [-0.2, 0) is 10.0 Å². The van der Waals surface area contributed by atoms with Gasteiger partial charge in [0, 0.05) is 0 Å². The highest BCUT2D eigenvalue weighted by atomic mass is 32.2. The first-order chi connectivity index (χ1) is 9.70. The minimum Gasteiger partial charge on any atom is -0.478 e. The quantitative estimate of drug-likeness (QED) is 0.889. The first-order valence-corrected chi connectivity index (χ1v) is 6.86. The molecule has 1 aromatic carbocycles. The third-order valence-corrected chi connectivity index (χ3v) is 3.69. The predicted octanol–water partition coefficient (Wildman–Crippen LogP) is 1.76. The van der Waals surface area contributed by atoms with Crippen molar-refractivity contribution in [3.63, 3.8) is 0 Å². The van der Waals surface area contributed by atoms with E-state index in [2.05, 4.69) is 4.98 Å². The first kappa shape index (κ1) is 14.9. The summed E-state index contributed by atoms with van der Waals surface area (Å²) >= 11 is 0. The van der Waals surface area contributed by atoms with Crippen molar-refractivity contribution in [3.8, 4) is 0 Å². The van der Waals surface area contributed by atoms with Crippen LogP contribution in [0.3, 0.4) is 0 Å². The fourth-order valence-corrected chi connectivity index (χ4v) is 2.50. The van der Waals surface area contributed by atoms with Gasteiger partial charge in [-0.15, -0.1) is 0 Å². The molecule has 0 atom stereocenters. The standard InChI is InChI=1S/C11H8F2N2O5S/c1-5-4-20-11(14-5)15-21(18,19)8-3-6(10(16)17)2-7(12)9(8)13/h2-4H,1H3,(H,14,15)(H,16,17). The number of hydrogen-bond acceptors (Lipinski definition) is 5. The van der Waals surface area contributed by atoms with E-state index >= 15 is 0 Å². The Morgan fingerprint density at radius 1 is 1.38 bits per heavy atom. The number of halogens is 2. The minimum atomic E-state index is -4.59. The SMILES string of the molecule is Cc1coc(NS(=O)(=O)c2cc(C(=O)O)cc(F)c2F)n1. The number of oxazole rings is 1. The molecule has 2 aromatic rings. The molecular weight excluding hydrogens is 310 g/mol. The summed E-state index contributed by atoms with van der Waals surface area (Å²) in [5.74, 6) is -4.90. The van der Waals surface area contributed by atoms with Crippen LogP contribution in [0, 0.1) is 18.6 Å². The number of hydrogen-bond donors (Lipinski definition) is 2. The molecule has 0 amide bonds. The summed E-state index contributed by atoms with van der Waals surface area (Å²) in [5, 5.41) is 8.75. The molecule has 0 radical (unpaired) electrons. The van der Waals surface area contributed by atoms with Gasteiger partial charge in [0.2, 0.25) is 0 Å². The number of anilines is 1. The van der Waals surface area contributed by atoms with E-state index in [-0.39, 0.29) is 0 Å². The summed E-state index contributed by atoms with van der Waals surface area (Å²) in [6, 6.07) is 0.429. The van der Waals surface area contributed by atoms with Crippen LogP contribution in [0.4, 0.5) is 14.8 Å². The topological polar surface area (TPSA) is 110 Å². The Morgan fingerprint density at radius 2 is 2.05 bits per heavy atom. The van der Waals surface area contributed by atoms with E-state index in [4.69, 9.17) is 9.52 Å². The van der Waals surface area contributed by atoms with Gasteiger partial charge in [-0.2, -0.15) is 4.98 Å². The predicted molar refractivity (Wildman–Crippen MR) is 65.4 cm³/mol. The van der Waals surface area contributed by atoms with Crippen LogP contribution in [-0.4, -0.2) is 24.5 Å². The summed E-state index contributed by atoms with van der Waals surface area (Å²) in [6.07, 6.45) is 1.14. The van der Waals surface area contributed by atoms with Crippen molar-refractivity contribution >= 4 is 22.0 Å². The van der Waals surface area contributed by atoms with Gasteiger partial charge in [-0.3, -0.25) is 0 Å². The number of sulfonamides is 1. The minimum absolute atomic E-state index is 0.360. The molecular formula is C11H8F2N2O5S. The number of aryl methyl sites for hydroxylation is 1. The van der Waals surface area contributed by atoms with E-state index in [1.807, 2.05) is 0 Å². The van der Waals surface area contributed by atoms with Gasteiger partial charge >= 0.3 is 12.0 Å². The number of rotatable bonds is 4. The van der Waals surface area contributed by atoms with Crippen LogP contribution >= 0.6 is 0 Å². The van der Waals surface area contributed by atoms with Crippen molar-refractivity contribution in [2.24, 2.45) is 0 Å². The summed E-state index contributed by atoms with van der Waals surface area (Å²) in [4.78, 5) is 13.3. The van der Waals surface area contributed by atoms with Gasteiger partial charge in [0.1, 0.15) is 11.2 Å². The number of carboxylic acids is 1. The highest BCUT2D eigenvalue weighted by molar-refractivity contribution is 7.92. The first-order valence-electron chi connectivity index (χ1n) is 5.38. The van der Waals surface area contributed by atoms with Crippen LogP contribution in [0.1, 0.15) is 16.1 Å². The average molecular weight is 318 g/mol. The van der Waals surface area contributed by atoms with Crippen LogP contribution in [0.5, 0.6) is 0 Å². The molecule has 0 spiro atoms. The molecule has 0 unspecified atom stereocenters. The molecule has 0 aliphatic heterocycles. The van der Waals surface area contributed by atoms with Crippen LogP contribution < -0.4 is 4.72 Å². The van der Waals surface area contributed by atoms with Crippen molar-refractivity contribution in [2.75, 3.05) is 4.72 Å². The summed E-state index contributed by atoms with van der Waals surface area (Å²) in [7, 11) is -4.59. The van der Waals surface area contributed by atoms with Gasteiger partial charge in [0.25, 0.3) is 10.0 Å². The van der Waals surface area contributed by atoms with Crippen molar-refractivity contribution in [1.29, 1.82) is 0 Å². The van der Waals surface area contributed by atoms with Gasteiger partial charge in [0.15, 0.2) is 11.6 Å². The highest BCUT2D eigenvalue weighted by Crippen LogP contribution is 2.22. The van der Waals surface area contributed by atoms with Crippen molar-refractivity contribution in [3.05, 3.63) is 41.3 Å². The molecule has 0 saturated carbocycles. The molecule has 0 saturated heterocycles. The number of nitrogens with zero attached hydrogens (tertiary/aromatic N) is 1. The smallest absolute Gasteiger partial charge is 0.335 e. The second kappa shape index (κ2) is 5.13. The van der Waals surface area contributed by atoms with E-state index in [0.717, 1.165) is 6.26 Å². The van der Waals surface area contributed by atoms with E-state index in [0.29, 0.717) is 17.8 Å². The molecule has 0 aliphatic rings. The molecule has 21 heavy (non-hydrogen) atoms. The number of aromatic carboxylic acids is 1. The maximum Gasteiger partial charge on any atom is 0.335 e. The number of aromatic nitrogens is 1. The van der Waals surface area contributed by atoms with Gasteiger partial charge in [-0.25, -0.2) is 26.7 Å². The van der Waals surface area contributed by atoms with Crippen molar-refractivity contribution in [1.82, 2.24) is 4.98 Å². The Bertz CT molecular complexity index is 816. The highest BCUT2D eigenvalue weighted by Gasteiger charge is 2.26. The lowest BCUT2D eigenvalue weighted by molar-refractivity contribution is 0.0696. The van der Waals surface area contributed by atoms with Crippen LogP contribution in [0.25, 0.3) is 0 Å². The largest absolute Gasteiger partial charge is 0.478 e. The Kier molecular flexibility index (Phi) is 3.64. The number of benzene rings is 1. The Labute approximate surface area is 117 Å². The molecule has 0 aliphatic carbocycles. The fraction of sp³-hybridized carbons (Fsp3) is 0.0909. The number of carbonyl (C=O) groups is 1. The van der Waals surface area contributed by atoms with Gasteiger partial charge in [-0.1, -0.05) is 0 Å². The van der Waals surface area contributed by atoms with E-state index in [1.54, 1.807) is 4.72 Å². The molecule has 2 rings (SSSR count). The monoisotopic (exact) mass is 318 g/mol. The fourth-order valence-electron chi connectivity index (χ4n) is 1.45. The van der Waals surface area contributed by atoms with Gasteiger partial charge in [-0.05, 0) is 19.1 Å². The van der Waals surface area contributed by atoms with Gasteiger partial charge < -0.3 is 9.52 Å².